The first-order chi connectivity index (χ1) is 11.2. The number of aromatic nitrogens is 3. The lowest BCUT2D eigenvalue weighted by molar-refractivity contribution is 0.0914. The number of rotatable bonds is 5. The van der Waals surface area contributed by atoms with Gasteiger partial charge in [-0.2, -0.15) is 0 Å². The van der Waals surface area contributed by atoms with E-state index in [4.69, 9.17) is 4.42 Å². The van der Waals surface area contributed by atoms with E-state index in [1.165, 1.54) is 5.56 Å². The van der Waals surface area contributed by atoms with Gasteiger partial charge in [-0.25, -0.2) is 0 Å². The SMILES string of the molecule is Cc1ccc(Cc2nnc(C(=O)NCc3ccncc3)o2)cc1. The molecule has 1 amide bonds. The van der Waals surface area contributed by atoms with Crippen LogP contribution >= 0.6 is 0 Å². The molecule has 2 aromatic heterocycles. The van der Waals surface area contributed by atoms with Gasteiger partial charge in [-0.15, -0.1) is 10.2 Å². The van der Waals surface area contributed by atoms with E-state index in [2.05, 4.69) is 20.5 Å². The van der Waals surface area contributed by atoms with E-state index in [1.54, 1.807) is 12.4 Å². The fourth-order valence-electron chi connectivity index (χ4n) is 2.06. The van der Waals surface area contributed by atoms with Crippen molar-refractivity contribution < 1.29 is 9.21 Å². The van der Waals surface area contributed by atoms with E-state index in [0.717, 1.165) is 11.1 Å². The number of benzene rings is 1. The van der Waals surface area contributed by atoms with Gasteiger partial charge in [0.05, 0.1) is 6.42 Å². The molecule has 0 saturated heterocycles. The van der Waals surface area contributed by atoms with Crippen LogP contribution in [-0.4, -0.2) is 21.1 Å². The number of hydrogen-bond donors (Lipinski definition) is 1. The van der Waals surface area contributed by atoms with E-state index in [-0.39, 0.29) is 11.8 Å². The molecule has 0 aliphatic rings. The molecule has 0 atom stereocenters. The first-order valence-corrected chi connectivity index (χ1v) is 7.26. The van der Waals surface area contributed by atoms with Crippen molar-refractivity contribution in [2.45, 2.75) is 19.9 Å². The molecule has 0 radical (unpaired) electrons. The van der Waals surface area contributed by atoms with Crippen LogP contribution in [0.25, 0.3) is 0 Å². The van der Waals surface area contributed by atoms with Crippen molar-refractivity contribution in [1.29, 1.82) is 0 Å². The van der Waals surface area contributed by atoms with Gasteiger partial charge in [0.1, 0.15) is 0 Å². The Balaban J connectivity index is 1.59. The van der Waals surface area contributed by atoms with Gasteiger partial charge >= 0.3 is 11.8 Å². The highest BCUT2D eigenvalue weighted by molar-refractivity contribution is 5.89. The van der Waals surface area contributed by atoms with E-state index in [9.17, 15) is 4.79 Å². The average Bonchev–Trinajstić information content (AvgIpc) is 3.04. The van der Waals surface area contributed by atoms with Crippen LogP contribution in [0.3, 0.4) is 0 Å². The predicted octanol–water partition coefficient (Wildman–Crippen LogP) is 2.29. The normalized spacial score (nSPS) is 10.5. The molecule has 3 rings (SSSR count). The minimum absolute atomic E-state index is 0.0267. The van der Waals surface area contributed by atoms with Crippen molar-refractivity contribution in [3.8, 4) is 0 Å². The Kier molecular flexibility index (Phi) is 4.42. The molecule has 0 bridgehead atoms. The monoisotopic (exact) mass is 308 g/mol. The second-order valence-corrected chi connectivity index (χ2v) is 5.20. The summed E-state index contributed by atoms with van der Waals surface area (Å²) in [5, 5.41) is 10.5. The van der Waals surface area contributed by atoms with Gasteiger partial charge in [0, 0.05) is 18.9 Å². The Labute approximate surface area is 133 Å². The number of nitrogens with one attached hydrogen (secondary N) is 1. The Morgan fingerprint density at radius 3 is 2.52 bits per heavy atom. The van der Waals surface area contributed by atoms with Gasteiger partial charge in [-0.3, -0.25) is 9.78 Å². The number of hydrogen-bond acceptors (Lipinski definition) is 5. The van der Waals surface area contributed by atoms with Crippen LogP contribution in [0.5, 0.6) is 0 Å². The summed E-state index contributed by atoms with van der Waals surface area (Å²) in [6, 6.07) is 11.7. The van der Waals surface area contributed by atoms with Crippen LogP contribution in [0.1, 0.15) is 33.3 Å². The van der Waals surface area contributed by atoms with Gasteiger partial charge in [0.15, 0.2) is 0 Å². The lowest BCUT2D eigenvalue weighted by atomic mass is 10.1. The summed E-state index contributed by atoms with van der Waals surface area (Å²) in [5.41, 5.74) is 3.20. The summed E-state index contributed by atoms with van der Waals surface area (Å²) in [6.07, 6.45) is 3.85. The minimum atomic E-state index is -0.385. The molecule has 3 aromatic rings. The first-order valence-electron chi connectivity index (χ1n) is 7.26. The second kappa shape index (κ2) is 6.83. The molecular weight excluding hydrogens is 292 g/mol. The summed E-state index contributed by atoms with van der Waals surface area (Å²) in [6.45, 7) is 2.42. The molecule has 116 valence electrons. The molecule has 23 heavy (non-hydrogen) atoms. The van der Waals surface area contributed by atoms with Crippen molar-refractivity contribution in [2.24, 2.45) is 0 Å². The average molecular weight is 308 g/mol. The van der Waals surface area contributed by atoms with Crippen molar-refractivity contribution in [3.63, 3.8) is 0 Å². The zero-order valence-electron chi connectivity index (χ0n) is 12.7. The van der Waals surface area contributed by atoms with E-state index in [1.807, 2.05) is 43.3 Å². The van der Waals surface area contributed by atoms with E-state index >= 15 is 0 Å². The standard InChI is InChI=1S/C17H16N4O2/c1-12-2-4-13(5-3-12)10-15-20-21-17(23-15)16(22)19-11-14-6-8-18-9-7-14/h2-9H,10-11H2,1H3,(H,19,22). The highest BCUT2D eigenvalue weighted by atomic mass is 16.4. The molecule has 0 fully saturated rings. The first kappa shape index (κ1) is 14.9. The second-order valence-electron chi connectivity index (χ2n) is 5.20. The highest BCUT2D eigenvalue weighted by Crippen LogP contribution is 2.10. The Morgan fingerprint density at radius 1 is 1.04 bits per heavy atom. The van der Waals surface area contributed by atoms with Gasteiger partial charge in [0.25, 0.3) is 0 Å². The molecule has 0 saturated carbocycles. The largest absolute Gasteiger partial charge is 0.417 e. The van der Waals surface area contributed by atoms with Crippen molar-refractivity contribution >= 4 is 5.91 Å². The molecule has 6 heteroatoms. The maximum absolute atomic E-state index is 12.0. The number of carbonyl (C=O) groups excluding carboxylic acids is 1. The topological polar surface area (TPSA) is 80.9 Å². The Bertz CT molecular complexity index is 782. The summed E-state index contributed by atoms with van der Waals surface area (Å²) >= 11 is 0. The molecule has 1 aromatic carbocycles. The smallest absolute Gasteiger partial charge is 0.309 e. The lowest BCUT2D eigenvalue weighted by Gasteiger charge is -2.01. The zero-order chi connectivity index (χ0) is 16.1. The minimum Gasteiger partial charge on any atom is -0.417 e. The third-order valence-electron chi connectivity index (χ3n) is 3.34. The van der Waals surface area contributed by atoms with Gasteiger partial charge < -0.3 is 9.73 Å². The number of nitrogens with zero attached hydrogens (tertiary/aromatic N) is 3. The molecule has 1 N–H and O–H groups in total. The molecule has 0 aliphatic heterocycles. The van der Waals surface area contributed by atoms with Crippen molar-refractivity contribution in [2.75, 3.05) is 0 Å². The van der Waals surface area contributed by atoms with Crippen LogP contribution in [0.4, 0.5) is 0 Å². The zero-order valence-corrected chi connectivity index (χ0v) is 12.7. The number of amides is 1. The predicted molar refractivity (Wildman–Crippen MR) is 83.7 cm³/mol. The maximum Gasteiger partial charge on any atom is 0.309 e. The molecule has 0 aliphatic carbocycles. The number of carbonyl (C=O) groups is 1. The van der Waals surface area contributed by atoms with Crippen LogP contribution in [0.15, 0.2) is 53.2 Å². The quantitative estimate of drug-likeness (QED) is 0.782. The summed E-state index contributed by atoms with van der Waals surface area (Å²) < 4.78 is 5.42. The molecule has 0 spiro atoms. The van der Waals surface area contributed by atoms with Gasteiger partial charge in [-0.05, 0) is 30.2 Å². The van der Waals surface area contributed by atoms with E-state index in [0.29, 0.717) is 18.9 Å². The molecule has 6 nitrogen and oxygen atoms in total. The number of aryl methyl sites for hydroxylation is 1. The van der Waals surface area contributed by atoms with Crippen LogP contribution in [-0.2, 0) is 13.0 Å². The fraction of sp³-hybridized carbons (Fsp3) is 0.176. The third-order valence-corrected chi connectivity index (χ3v) is 3.34. The third kappa shape index (κ3) is 4.00. The van der Waals surface area contributed by atoms with Crippen molar-refractivity contribution in [3.05, 3.63) is 77.3 Å². The summed E-state index contributed by atoms with van der Waals surface area (Å²) in [7, 11) is 0. The van der Waals surface area contributed by atoms with Gasteiger partial charge in [0.2, 0.25) is 5.89 Å². The highest BCUT2D eigenvalue weighted by Gasteiger charge is 2.14. The number of pyridine rings is 1. The van der Waals surface area contributed by atoms with Crippen LogP contribution in [0, 0.1) is 6.92 Å². The summed E-state index contributed by atoms with van der Waals surface area (Å²) in [4.78, 5) is 15.9. The molecular formula is C17H16N4O2. The Morgan fingerprint density at radius 2 is 1.78 bits per heavy atom. The molecule has 0 unspecified atom stereocenters. The van der Waals surface area contributed by atoms with E-state index < -0.39 is 0 Å². The van der Waals surface area contributed by atoms with Crippen molar-refractivity contribution in [1.82, 2.24) is 20.5 Å². The summed E-state index contributed by atoms with van der Waals surface area (Å²) in [5.74, 6) is 0.00792. The lowest BCUT2D eigenvalue weighted by Crippen LogP contribution is -2.23. The molecule has 2 heterocycles. The Hall–Kier alpha value is -3.02. The van der Waals surface area contributed by atoms with Gasteiger partial charge in [-0.1, -0.05) is 29.8 Å². The fourth-order valence-corrected chi connectivity index (χ4v) is 2.06. The maximum atomic E-state index is 12.0. The van der Waals surface area contributed by atoms with Crippen LogP contribution < -0.4 is 5.32 Å². The van der Waals surface area contributed by atoms with Crippen LogP contribution in [0.2, 0.25) is 0 Å².